The molecule has 0 atom stereocenters. The van der Waals surface area contributed by atoms with Crippen LogP contribution in [0.5, 0.6) is 5.75 Å². The number of ether oxygens (including phenoxy) is 2. The summed E-state index contributed by atoms with van der Waals surface area (Å²) in [4.78, 5) is 0. The summed E-state index contributed by atoms with van der Waals surface area (Å²) in [7, 11) is 1.52. The Hall–Kier alpha value is -1.78. The highest BCUT2D eigenvalue weighted by atomic mass is 35.5. The summed E-state index contributed by atoms with van der Waals surface area (Å²) in [6.45, 7) is 4.52. The van der Waals surface area contributed by atoms with Gasteiger partial charge in [-0.15, -0.1) is 0 Å². The van der Waals surface area contributed by atoms with Crippen LogP contribution in [0.2, 0.25) is 5.02 Å². The maximum Gasteiger partial charge on any atom is 0.260 e. The van der Waals surface area contributed by atoms with Crippen molar-refractivity contribution in [3.05, 3.63) is 58.1 Å². The molecular formula is C18H20ClNO2S. The van der Waals surface area contributed by atoms with Crippen LogP contribution in [0.3, 0.4) is 0 Å². The first-order valence-electron chi connectivity index (χ1n) is 7.39. The Morgan fingerprint density at radius 2 is 2.04 bits per heavy atom. The Balaban J connectivity index is 2.18. The smallest absolute Gasteiger partial charge is 0.260 e. The molecule has 0 aliphatic heterocycles. The molecule has 0 radical (unpaired) electrons. The van der Waals surface area contributed by atoms with Gasteiger partial charge in [-0.3, -0.25) is 0 Å². The molecule has 0 spiro atoms. The van der Waals surface area contributed by atoms with E-state index in [4.69, 9.17) is 33.3 Å². The largest absolute Gasteiger partial charge is 0.488 e. The molecule has 0 amide bonds. The third-order valence-corrected chi connectivity index (χ3v) is 4.18. The first-order chi connectivity index (χ1) is 11.0. The predicted octanol–water partition coefficient (Wildman–Crippen LogP) is 5.13. The maximum absolute atomic E-state index is 6.31. The second-order valence-corrected chi connectivity index (χ2v) is 5.90. The van der Waals surface area contributed by atoms with Crippen LogP contribution < -0.4 is 10.1 Å². The Kier molecular flexibility index (Phi) is 6.25. The van der Waals surface area contributed by atoms with E-state index in [-0.39, 0.29) is 5.17 Å². The van der Waals surface area contributed by atoms with Crippen LogP contribution in [0, 0.1) is 6.92 Å². The fourth-order valence-electron chi connectivity index (χ4n) is 2.23. The highest BCUT2D eigenvalue weighted by Gasteiger charge is 2.10. The lowest BCUT2D eigenvalue weighted by Crippen LogP contribution is -2.13. The van der Waals surface area contributed by atoms with Crippen molar-refractivity contribution in [1.82, 2.24) is 0 Å². The number of rotatable bonds is 5. The van der Waals surface area contributed by atoms with Gasteiger partial charge in [-0.1, -0.05) is 36.7 Å². The van der Waals surface area contributed by atoms with Gasteiger partial charge in [0.2, 0.25) is 0 Å². The Morgan fingerprint density at radius 1 is 1.26 bits per heavy atom. The second kappa shape index (κ2) is 8.18. The first-order valence-corrected chi connectivity index (χ1v) is 8.18. The molecular weight excluding hydrogens is 330 g/mol. The highest BCUT2D eigenvalue weighted by Crippen LogP contribution is 2.27. The number of thiocarbonyl (C=S) groups is 1. The number of nitrogens with one attached hydrogen (secondary N) is 1. The normalized spacial score (nSPS) is 10.3. The molecule has 0 aliphatic carbocycles. The van der Waals surface area contributed by atoms with Crippen molar-refractivity contribution in [3.8, 4) is 5.75 Å². The number of aryl methyl sites for hydroxylation is 2. The minimum absolute atomic E-state index is 0.289. The molecule has 0 fully saturated rings. The van der Waals surface area contributed by atoms with E-state index in [1.54, 1.807) is 0 Å². The Morgan fingerprint density at radius 3 is 2.70 bits per heavy atom. The zero-order valence-electron chi connectivity index (χ0n) is 13.5. The van der Waals surface area contributed by atoms with Crippen molar-refractivity contribution in [2.45, 2.75) is 26.9 Å². The molecule has 0 bridgehead atoms. The molecule has 0 aromatic heterocycles. The molecule has 0 unspecified atom stereocenters. The van der Waals surface area contributed by atoms with Gasteiger partial charge in [0.05, 0.1) is 7.11 Å². The number of hydrogen-bond donors (Lipinski definition) is 1. The minimum Gasteiger partial charge on any atom is -0.488 e. The summed E-state index contributed by atoms with van der Waals surface area (Å²) < 4.78 is 10.9. The molecule has 0 saturated heterocycles. The quantitative estimate of drug-likeness (QED) is 0.758. The van der Waals surface area contributed by atoms with Crippen molar-refractivity contribution in [3.63, 3.8) is 0 Å². The van der Waals surface area contributed by atoms with E-state index in [1.165, 1.54) is 12.7 Å². The monoisotopic (exact) mass is 349 g/mol. The third kappa shape index (κ3) is 4.60. The van der Waals surface area contributed by atoms with E-state index >= 15 is 0 Å². The summed E-state index contributed by atoms with van der Waals surface area (Å²) in [5, 5.41) is 3.93. The second-order valence-electron chi connectivity index (χ2n) is 5.12. The fraction of sp³-hybridized carbons (Fsp3) is 0.278. The van der Waals surface area contributed by atoms with E-state index in [0.717, 1.165) is 29.0 Å². The Bertz CT molecular complexity index is 703. The molecule has 2 aromatic rings. The van der Waals surface area contributed by atoms with Crippen molar-refractivity contribution in [1.29, 1.82) is 0 Å². The predicted molar refractivity (Wildman–Crippen MR) is 99.6 cm³/mol. The number of methoxy groups -OCH3 is 1. The van der Waals surface area contributed by atoms with Gasteiger partial charge in [0.1, 0.15) is 12.4 Å². The van der Waals surface area contributed by atoms with Gasteiger partial charge in [-0.05, 0) is 54.9 Å². The molecule has 122 valence electrons. The van der Waals surface area contributed by atoms with E-state index in [9.17, 15) is 0 Å². The van der Waals surface area contributed by atoms with Crippen LogP contribution in [-0.4, -0.2) is 12.3 Å². The van der Waals surface area contributed by atoms with Crippen LogP contribution >= 0.6 is 23.8 Å². The van der Waals surface area contributed by atoms with Gasteiger partial charge < -0.3 is 14.8 Å². The van der Waals surface area contributed by atoms with Crippen LogP contribution in [0.25, 0.3) is 0 Å². The molecule has 1 N–H and O–H groups in total. The molecule has 2 rings (SSSR count). The topological polar surface area (TPSA) is 30.5 Å². The first kappa shape index (κ1) is 17.6. The van der Waals surface area contributed by atoms with Crippen LogP contribution in [0.4, 0.5) is 5.69 Å². The average molecular weight is 350 g/mol. The van der Waals surface area contributed by atoms with Gasteiger partial charge in [-0.25, -0.2) is 0 Å². The maximum atomic E-state index is 6.31. The zero-order valence-corrected chi connectivity index (χ0v) is 15.1. The van der Waals surface area contributed by atoms with E-state index < -0.39 is 0 Å². The molecule has 23 heavy (non-hydrogen) atoms. The lowest BCUT2D eigenvalue weighted by Gasteiger charge is -2.15. The van der Waals surface area contributed by atoms with Gasteiger partial charge >= 0.3 is 0 Å². The van der Waals surface area contributed by atoms with E-state index in [2.05, 4.69) is 24.4 Å². The van der Waals surface area contributed by atoms with Crippen molar-refractivity contribution >= 4 is 34.7 Å². The van der Waals surface area contributed by atoms with Crippen LogP contribution in [0.15, 0.2) is 36.4 Å². The molecule has 2 aromatic carbocycles. The molecule has 0 saturated carbocycles. The lowest BCUT2D eigenvalue weighted by atomic mass is 10.1. The van der Waals surface area contributed by atoms with Gasteiger partial charge in [0.15, 0.2) is 0 Å². The van der Waals surface area contributed by atoms with Crippen molar-refractivity contribution in [2.24, 2.45) is 0 Å². The standard InChI is InChI=1S/C18H20ClNO2S/c1-4-13-8-9-17(12(2)10-13)22-11-14-15(19)6-5-7-16(14)20-18(23)21-3/h5-10H,4,11H2,1-3H3,(H,20,23). The molecule has 0 heterocycles. The van der Waals surface area contributed by atoms with Gasteiger partial charge in [0, 0.05) is 16.3 Å². The number of halogens is 1. The molecule has 5 heteroatoms. The Labute approximate surface area is 147 Å². The molecule has 0 aliphatic rings. The van der Waals surface area contributed by atoms with Crippen molar-refractivity contribution in [2.75, 3.05) is 12.4 Å². The highest BCUT2D eigenvalue weighted by molar-refractivity contribution is 7.80. The summed E-state index contributed by atoms with van der Waals surface area (Å²) in [5.41, 5.74) is 4.03. The van der Waals surface area contributed by atoms with Gasteiger partial charge in [0.25, 0.3) is 5.17 Å². The third-order valence-electron chi connectivity index (χ3n) is 3.56. The summed E-state index contributed by atoms with van der Waals surface area (Å²) >= 11 is 11.4. The summed E-state index contributed by atoms with van der Waals surface area (Å²) in [6.07, 6.45) is 1.01. The van der Waals surface area contributed by atoms with E-state index in [1.807, 2.05) is 31.2 Å². The van der Waals surface area contributed by atoms with Crippen molar-refractivity contribution < 1.29 is 9.47 Å². The van der Waals surface area contributed by atoms with E-state index in [0.29, 0.717) is 11.6 Å². The summed E-state index contributed by atoms with van der Waals surface area (Å²) in [6, 6.07) is 11.8. The number of hydrogen-bond acceptors (Lipinski definition) is 3. The molecule has 3 nitrogen and oxygen atoms in total. The zero-order chi connectivity index (χ0) is 16.8. The average Bonchev–Trinajstić information content (AvgIpc) is 2.55. The van der Waals surface area contributed by atoms with Crippen LogP contribution in [-0.2, 0) is 17.8 Å². The van der Waals surface area contributed by atoms with Gasteiger partial charge in [-0.2, -0.15) is 0 Å². The lowest BCUT2D eigenvalue weighted by molar-refractivity contribution is 0.304. The van der Waals surface area contributed by atoms with Crippen LogP contribution in [0.1, 0.15) is 23.6 Å². The SMILES string of the molecule is CCc1ccc(OCc2c(Cl)cccc2NC(=S)OC)c(C)c1. The fourth-order valence-corrected chi connectivity index (χ4v) is 2.57. The number of benzene rings is 2. The summed E-state index contributed by atoms with van der Waals surface area (Å²) in [5.74, 6) is 0.849. The minimum atomic E-state index is 0.289. The number of anilines is 1.